The molecule has 7 heteroatoms. The van der Waals surface area contributed by atoms with Crippen LogP contribution in [0.4, 0.5) is 11.4 Å². The number of hydrogen-bond acceptors (Lipinski definition) is 4. The van der Waals surface area contributed by atoms with Gasteiger partial charge in [0.25, 0.3) is 0 Å². The first-order chi connectivity index (χ1) is 13.9. The number of halogens is 1. The van der Waals surface area contributed by atoms with Crippen molar-refractivity contribution in [2.24, 2.45) is 11.7 Å². The molecule has 0 saturated heterocycles. The van der Waals surface area contributed by atoms with Gasteiger partial charge in [-0.15, -0.1) is 12.4 Å². The second-order valence-electron chi connectivity index (χ2n) is 7.76. The van der Waals surface area contributed by atoms with Crippen molar-refractivity contribution in [2.75, 3.05) is 17.7 Å². The number of benzene rings is 2. The van der Waals surface area contributed by atoms with Crippen LogP contribution in [0.2, 0.25) is 0 Å². The Morgan fingerprint density at radius 2 is 1.70 bits per heavy atom. The molecule has 0 heterocycles. The van der Waals surface area contributed by atoms with Crippen LogP contribution < -0.4 is 21.1 Å². The molecule has 162 valence electrons. The molecule has 2 aromatic rings. The molecule has 1 fully saturated rings. The summed E-state index contributed by atoms with van der Waals surface area (Å²) in [6.45, 7) is 1.67. The van der Waals surface area contributed by atoms with E-state index in [4.69, 9.17) is 10.5 Å². The maximum absolute atomic E-state index is 12.8. The summed E-state index contributed by atoms with van der Waals surface area (Å²) >= 11 is 0. The molecule has 1 saturated carbocycles. The highest BCUT2D eigenvalue weighted by Crippen LogP contribution is 2.31. The van der Waals surface area contributed by atoms with Crippen LogP contribution in [0.25, 0.3) is 0 Å². The van der Waals surface area contributed by atoms with E-state index in [1.807, 2.05) is 30.3 Å². The van der Waals surface area contributed by atoms with Crippen LogP contribution in [-0.2, 0) is 15.1 Å². The lowest BCUT2D eigenvalue weighted by molar-refractivity contribution is -0.121. The van der Waals surface area contributed by atoms with E-state index in [1.54, 1.807) is 32.2 Å². The maximum Gasteiger partial charge on any atom is 0.248 e. The van der Waals surface area contributed by atoms with Gasteiger partial charge in [0, 0.05) is 11.6 Å². The third-order valence-electron chi connectivity index (χ3n) is 5.54. The van der Waals surface area contributed by atoms with Gasteiger partial charge in [0.2, 0.25) is 11.8 Å². The zero-order valence-electron chi connectivity index (χ0n) is 17.4. The molecule has 0 spiro atoms. The third-order valence-corrected chi connectivity index (χ3v) is 5.54. The molecular weight excluding hydrogens is 402 g/mol. The average Bonchev–Trinajstić information content (AvgIpc) is 2.75. The Bertz CT molecular complexity index is 865. The van der Waals surface area contributed by atoms with Gasteiger partial charge in [0.05, 0.1) is 12.8 Å². The van der Waals surface area contributed by atoms with Gasteiger partial charge in [-0.25, -0.2) is 0 Å². The van der Waals surface area contributed by atoms with Gasteiger partial charge in [-0.1, -0.05) is 49.6 Å². The number of nitrogens with two attached hydrogens (primary N) is 1. The Balaban J connectivity index is 0.00000320. The molecule has 30 heavy (non-hydrogen) atoms. The number of nitrogens with one attached hydrogen (secondary N) is 2. The van der Waals surface area contributed by atoms with Crippen molar-refractivity contribution in [1.29, 1.82) is 0 Å². The molecule has 0 radical (unpaired) electrons. The summed E-state index contributed by atoms with van der Waals surface area (Å²) in [7, 11) is 1.55. The number of methoxy groups -OCH3 is 1. The van der Waals surface area contributed by atoms with Crippen LogP contribution in [0.5, 0.6) is 5.75 Å². The Morgan fingerprint density at radius 1 is 1.03 bits per heavy atom. The van der Waals surface area contributed by atoms with Crippen molar-refractivity contribution >= 4 is 35.6 Å². The molecule has 2 amide bonds. The number of hydrogen-bond donors (Lipinski definition) is 3. The zero-order valence-corrected chi connectivity index (χ0v) is 18.3. The second kappa shape index (κ2) is 10.5. The van der Waals surface area contributed by atoms with Crippen LogP contribution in [0.15, 0.2) is 48.5 Å². The van der Waals surface area contributed by atoms with Crippen LogP contribution >= 0.6 is 12.4 Å². The zero-order chi connectivity index (χ0) is 20.9. The van der Waals surface area contributed by atoms with E-state index in [2.05, 4.69) is 10.6 Å². The van der Waals surface area contributed by atoms with E-state index < -0.39 is 5.54 Å². The molecule has 0 aliphatic heterocycles. The molecule has 6 nitrogen and oxygen atoms in total. The number of carbonyl (C=O) groups excluding carboxylic acids is 2. The Morgan fingerprint density at radius 3 is 2.33 bits per heavy atom. The van der Waals surface area contributed by atoms with E-state index in [9.17, 15) is 9.59 Å². The minimum absolute atomic E-state index is 0. The van der Waals surface area contributed by atoms with E-state index in [0.717, 1.165) is 31.2 Å². The monoisotopic (exact) mass is 431 g/mol. The molecule has 2 aromatic carbocycles. The molecular formula is C23H30ClN3O3. The van der Waals surface area contributed by atoms with E-state index in [1.165, 1.54) is 6.42 Å². The fourth-order valence-corrected chi connectivity index (χ4v) is 3.66. The number of amides is 2. The number of carbonyl (C=O) groups is 2. The van der Waals surface area contributed by atoms with Crippen molar-refractivity contribution in [3.8, 4) is 5.75 Å². The predicted octanol–water partition coefficient (Wildman–Crippen LogP) is 4.45. The molecule has 4 N–H and O–H groups in total. The van der Waals surface area contributed by atoms with Gasteiger partial charge in [0.15, 0.2) is 0 Å². The quantitative estimate of drug-likeness (QED) is 0.629. The highest BCUT2D eigenvalue weighted by molar-refractivity contribution is 6.00. The van der Waals surface area contributed by atoms with Gasteiger partial charge in [-0.3, -0.25) is 9.59 Å². The first-order valence-electron chi connectivity index (χ1n) is 10.1. The summed E-state index contributed by atoms with van der Waals surface area (Å²) in [5, 5.41) is 5.82. The summed E-state index contributed by atoms with van der Waals surface area (Å²) in [5.74, 6) is 0.237. The Hall–Kier alpha value is -2.57. The van der Waals surface area contributed by atoms with Gasteiger partial charge in [-0.05, 0) is 43.5 Å². The van der Waals surface area contributed by atoms with Crippen molar-refractivity contribution in [3.63, 3.8) is 0 Å². The lowest BCUT2D eigenvalue weighted by Gasteiger charge is -2.25. The third kappa shape index (κ3) is 5.52. The molecule has 3 rings (SSSR count). The number of anilines is 2. The summed E-state index contributed by atoms with van der Waals surface area (Å²) in [6.07, 6.45) is 5.17. The molecule has 0 aromatic heterocycles. The van der Waals surface area contributed by atoms with Crippen molar-refractivity contribution in [3.05, 3.63) is 54.1 Å². The van der Waals surface area contributed by atoms with Crippen LogP contribution in [0.3, 0.4) is 0 Å². The lowest BCUT2D eigenvalue weighted by Crippen LogP contribution is -2.45. The number of rotatable bonds is 6. The van der Waals surface area contributed by atoms with Gasteiger partial charge < -0.3 is 21.1 Å². The SMILES string of the molecule is COc1ccc(NC(=O)C(C)(N)c2ccccc2)cc1NC(=O)C1CCCCC1.Cl. The fourth-order valence-electron chi connectivity index (χ4n) is 3.66. The van der Waals surface area contributed by atoms with E-state index in [0.29, 0.717) is 17.1 Å². The molecule has 1 atom stereocenters. The first kappa shape index (κ1) is 23.7. The fraction of sp³-hybridized carbons (Fsp3) is 0.391. The molecule has 1 aliphatic rings. The second-order valence-corrected chi connectivity index (χ2v) is 7.76. The largest absolute Gasteiger partial charge is 0.495 e. The minimum atomic E-state index is -1.19. The average molecular weight is 432 g/mol. The van der Waals surface area contributed by atoms with Crippen molar-refractivity contribution in [2.45, 2.75) is 44.6 Å². The van der Waals surface area contributed by atoms with Crippen LogP contribution in [0, 0.1) is 5.92 Å². The summed E-state index contributed by atoms with van der Waals surface area (Å²) in [4.78, 5) is 25.5. The smallest absolute Gasteiger partial charge is 0.248 e. The molecule has 1 unspecified atom stereocenters. The standard InChI is InChI=1S/C23H29N3O3.ClH/c1-23(24,17-11-7-4-8-12-17)22(28)25-18-13-14-20(29-2)19(15-18)26-21(27)16-9-5-3-6-10-16;/h4,7-8,11-16H,3,5-6,9-10,24H2,1-2H3,(H,25,28)(H,26,27);1H. The lowest BCUT2D eigenvalue weighted by atomic mass is 9.88. The van der Waals surface area contributed by atoms with Gasteiger partial charge >= 0.3 is 0 Å². The normalized spacial score (nSPS) is 16.0. The first-order valence-corrected chi connectivity index (χ1v) is 10.1. The maximum atomic E-state index is 12.8. The highest BCUT2D eigenvalue weighted by atomic mass is 35.5. The van der Waals surface area contributed by atoms with Crippen LogP contribution in [0.1, 0.15) is 44.6 Å². The summed E-state index contributed by atoms with van der Waals surface area (Å²) in [5.41, 5.74) is 6.91. The Labute approximate surface area is 184 Å². The van der Waals surface area contributed by atoms with Gasteiger partial charge in [-0.2, -0.15) is 0 Å². The molecule has 1 aliphatic carbocycles. The van der Waals surface area contributed by atoms with Crippen LogP contribution in [-0.4, -0.2) is 18.9 Å². The Kier molecular flexibility index (Phi) is 8.26. The topological polar surface area (TPSA) is 93.4 Å². The molecule has 0 bridgehead atoms. The summed E-state index contributed by atoms with van der Waals surface area (Å²) < 4.78 is 5.38. The highest BCUT2D eigenvalue weighted by Gasteiger charge is 2.30. The summed E-state index contributed by atoms with van der Waals surface area (Å²) in [6, 6.07) is 14.4. The number of ether oxygens (including phenoxy) is 1. The minimum Gasteiger partial charge on any atom is -0.495 e. The predicted molar refractivity (Wildman–Crippen MR) is 122 cm³/mol. The van der Waals surface area contributed by atoms with Crippen molar-refractivity contribution < 1.29 is 14.3 Å². The van der Waals surface area contributed by atoms with E-state index >= 15 is 0 Å². The van der Waals surface area contributed by atoms with Crippen molar-refractivity contribution in [1.82, 2.24) is 0 Å². The van der Waals surface area contributed by atoms with Gasteiger partial charge in [0.1, 0.15) is 11.3 Å². The van der Waals surface area contributed by atoms with E-state index in [-0.39, 0.29) is 30.1 Å².